The Bertz CT molecular complexity index is 1040. The monoisotopic (exact) mass is 427 g/mol. The molecule has 150 valence electrons. The predicted octanol–water partition coefficient (Wildman–Crippen LogP) is 5.02. The molecule has 7 heteroatoms. The number of ether oxygens (including phenoxy) is 1. The van der Waals surface area contributed by atoms with Gasteiger partial charge in [0.25, 0.3) is 0 Å². The van der Waals surface area contributed by atoms with E-state index in [0.717, 1.165) is 16.0 Å². The zero-order chi connectivity index (χ0) is 20.5. The second kappa shape index (κ2) is 10.2. The molecule has 0 aliphatic heterocycles. The van der Waals surface area contributed by atoms with E-state index < -0.39 is 10.1 Å². The second-order valence-corrected chi connectivity index (χ2v) is 8.90. The lowest BCUT2D eigenvalue weighted by Gasteiger charge is -2.08. The second-order valence-electron chi connectivity index (χ2n) is 6.22. The maximum Gasteiger partial charge on any atom is 0.358 e. The van der Waals surface area contributed by atoms with Crippen molar-refractivity contribution in [3.63, 3.8) is 0 Å². The highest BCUT2D eigenvalue weighted by Gasteiger charge is 2.16. The summed E-state index contributed by atoms with van der Waals surface area (Å²) in [7, 11) is -4.00. The highest BCUT2D eigenvalue weighted by atomic mass is 32.2. The minimum atomic E-state index is -4.00. The summed E-state index contributed by atoms with van der Waals surface area (Å²) in [5.41, 5.74) is 1.98. The third kappa shape index (κ3) is 6.74. The molecular formula is C22H21NO4S2. The van der Waals surface area contributed by atoms with Gasteiger partial charge in [-0.1, -0.05) is 83.1 Å². The molecule has 0 N–H and O–H groups in total. The van der Waals surface area contributed by atoms with Crippen LogP contribution in [-0.2, 0) is 25.7 Å². The molecule has 3 aromatic rings. The maximum atomic E-state index is 12.4. The topological polar surface area (TPSA) is 65.0 Å². The molecule has 0 unspecified atom stereocenters. The van der Waals surface area contributed by atoms with Crippen LogP contribution in [0.15, 0.2) is 99.9 Å². The molecule has 29 heavy (non-hydrogen) atoms. The van der Waals surface area contributed by atoms with Crippen LogP contribution in [0.3, 0.4) is 0 Å². The number of hydrogen-bond donors (Lipinski definition) is 0. The average Bonchev–Trinajstić information content (AvgIpc) is 2.74. The van der Waals surface area contributed by atoms with Crippen molar-refractivity contribution >= 4 is 26.9 Å². The van der Waals surface area contributed by atoms with E-state index in [1.807, 2.05) is 67.6 Å². The van der Waals surface area contributed by atoms with Crippen LogP contribution in [-0.4, -0.2) is 20.1 Å². The summed E-state index contributed by atoms with van der Waals surface area (Å²) in [6.45, 7) is 2.39. The zero-order valence-corrected chi connectivity index (χ0v) is 17.5. The fourth-order valence-electron chi connectivity index (χ4n) is 2.37. The van der Waals surface area contributed by atoms with Gasteiger partial charge >= 0.3 is 10.1 Å². The minimum Gasteiger partial charge on any atom is -0.370 e. The Morgan fingerprint density at radius 2 is 1.52 bits per heavy atom. The van der Waals surface area contributed by atoms with E-state index in [1.54, 1.807) is 12.1 Å². The molecule has 0 aliphatic rings. The van der Waals surface area contributed by atoms with Crippen molar-refractivity contribution in [2.75, 3.05) is 6.61 Å². The van der Waals surface area contributed by atoms with Gasteiger partial charge in [-0.25, -0.2) is 0 Å². The third-order valence-corrected chi connectivity index (χ3v) is 5.92. The van der Waals surface area contributed by atoms with E-state index in [4.69, 9.17) is 9.02 Å². The zero-order valence-electron chi connectivity index (χ0n) is 15.9. The molecule has 0 aromatic heterocycles. The molecule has 0 fully saturated rings. The molecule has 3 aromatic carbocycles. The van der Waals surface area contributed by atoms with Crippen LogP contribution < -0.4 is 0 Å². The van der Waals surface area contributed by atoms with Gasteiger partial charge in [-0.3, -0.25) is 4.28 Å². The number of thioether (sulfide) groups is 1. The van der Waals surface area contributed by atoms with Crippen LogP contribution in [0.25, 0.3) is 0 Å². The Morgan fingerprint density at radius 1 is 0.897 bits per heavy atom. The molecule has 5 nitrogen and oxygen atoms in total. The van der Waals surface area contributed by atoms with E-state index in [9.17, 15) is 8.42 Å². The molecule has 3 rings (SSSR count). The Kier molecular flexibility index (Phi) is 7.46. The normalized spacial score (nSPS) is 12.0. The first kappa shape index (κ1) is 21.1. The van der Waals surface area contributed by atoms with Crippen molar-refractivity contribution in [1.82, 2.24) is 0 Å². The van der Waals surface area contributed by atoms with Gasteiger partial charge in [0.2, 0.25) is 0 Å². The molecule has 0 radical (unpaired) electrons. The summed E-state index contributed by atoms with van der Waals surface area (Å²) in [5, 5.41) is 4.29. The molecule has 0 atom stereocenters. The number of hydrogen-bond acceptors (Lipinski definition) is 6. The van der Waals surface area contributed by atoms with Crippen molar-refractivity contribution in [2.24, 2.45) is 5.16 Å². The fourth-order valence-corrected chi connectivity index (χ4v) is 3.94. The lowest BCUT2D eigenvalue weighted by Crippen LogP contribution is -2.09. The highest BCUT2D eigenvalue weighted by Crippen LogP contribution is 2.21. The smallest absolute Gasteiger partial charge is 0.358 e. The van der Waals surface area contributed by atoms with E-state index in [1.165, 1.54) is 23.9 Å². The van der Waals surface area contributed by atoms with Crippen molar-refractivity contribution in [3.05, 3.63) is 96.1 Å². The number of rotatable bonds is 8. The summed E-state index contributed by atoms with van der Waals surface area (Å²) >= 11 is 1.30. The van der Waals surface area contributed by atoms with E-state index in [0.29, 0.717) is 11.7 Å². The molecule has 0 spiro atoms. The quantitative estimate of drug-likeness (QED) is 0.218. The molecule has 0 amide bonds. The standard InChI is InChI=1S/C22H21NO4S2/c1-18-12-14-21(15-13-18)29(24,25)27-23-22(28-20-10-6-3-7-11-20)17-26-16-19-8-4-2-5-9-19/h2-15H,16-17H2,1H3. The summed E-state index contributed by atoms with van der Waals surface area (Å²) in [6.07, 6.45) is 0. The first-order valence-corrected chi connectivity index (χ1v) is 11.2. The maximum absolute atomic E-state index is 12.4. The first-order chi connectivity index (χ1) is 14.0. The van der Waals surface area contributed by atoms with Gasteiger partial charge in [-0.15, -0.1) is 0 Å². The Morgan fingerprint density at radius 3 is 2.17 bits per heavy atom. The summed E-state index contributed by atoms with van der Waals surface area (Å²) in [5.74, 6) is 0. The van der Waals surface area contributed by atoms with Gasteiger partial charge < -0.3 is 4.74 Å². The largest absolute Gasteiger partial charge is 0.370 e. The average molecular weight is 428 g/mol. The Balaban J connectivity index is 1.71. The van der Waals surface area contributed by atoms with Crippen LogP contribution >= 0.6 is 11.8 Å². The number of benzene rings is 3. The van der Waals surface area contributed by atoms with Crippen LogP contribution in [0.2, 0.25) is 0 Å². The van der Waals surface area contributed by atoms with Gasteiger partial charge in [-0.05, 0) is 36.8 Å². The van der Waals surface area contributed by atoms with Crippen molar-refractivity contribution < 1.29 is 17.4 Å². The Hall–Kier alpha value is -2.61. The number of oxime groups is 1. The predicted molar refractivity (Wildman–Crippen MR) is 115 cm³/mol. The molecule has 0 saturated carbocycles. The fraction of sp³-hybridized carbons (Fsp3) is 0.136. The number of aryl methyl sites for hydroxylation is 1. The molecule has 0 heterocycles. The molecular weight excluding hydrogens is 406 g/mol. The summed E-state index contributed by atoms with van der Waals surface area (Å²) in [6, 6.07) is 25.7. The van der Waals surface area contributed by atoms with Gasteiger partial charge in [0.1, 0.15) is 9.94 Å². The SMILES string of the molecule is Cc1ccc(S(=O)(=O)ON=C(COCc2ccccc2)Sc2ccccc2)cc1. The molecule has 0 aliphatic carbocycles. The summed E-state index contributed by atoms with van der Waals surface area (Å²) < 4.78 is 35.5. The van der Waals surface area contributed by atoms with Crippen molar-refractivity contribution in [2.45, 2.75) is 23.3 Å². The van der Waals surface area contributed by atoms with Gasteiger partial charge in [0.15, 0.2) is 0 Å². The van der Waals surface area contributed by atoms with Crippen molar-refractivity contribution in [3.8, 4) is 0 Å². The van der Waals surface area contributed by atoms with Gasteiger partial charge in [0.05, 0.1) is 13.2 Å². The lowest BCUT2D eigenvalue weighted by molar-refractivity contribution is 0.158. The van der Waals surface area contributed by atoms with Crippen molar-refractivity contribution in [1.29, 1.82) is 0 Å². The Labute approximate surface area is 175 Å². The highest BCUT2D eigenvalue weighted by molar-refractivity contribution is 8.14. The van der Waals surface area contributed by atoms with Crippen LogP contribution in [0.1, 0.15) is 11.1 Å². The first-order valence-electron chi connectivity index (χ1n) is 8.95. The van der Waals surface area contributed by atoms with E-state index in [2.05, 4.69) is 5.16 Å². The van der Waals surface area contributed by atoms with E-state index >= 15 is 0 Å². The van der Waals surface area contributed by atoms with Crippen LogP contribution in [0, 0.1) is 6.92 Å². The number of nitrogens with zero attached hydrogens (tertiary/aromatic N) is 1. The molecule has 0 bridgehead atoms. The van der Waals surface area contributed by atoms with Gasteiger partial charge in [-0.2, -0.15) is 8.42 Å². The summed E-state index contributed by atoms with van der Waals surface area (Å²) in [4.78, 5) is 0.965. The van der Waals surface area contributed by atoms with Crippen LogP contribution in [0.4, 0.5) is 0 Å². The minimum absolute atomic E-state index is 0.0566. The lowest BCUT2D eigenvalue weighted by atomic mass is 10.2. The molecule has 0 saturated heterocycles. The third-order valence-electron chi connectivity index (χ3n) is 3.86. The van der Waals surface area contributed by atoms with Gasteiger partial charge in [0, 0.05) is 4.90 Å². The van der Waals surface area contributed by atoms with Crippen LogP contribution in [0.5, 0.6) is 0 Å². The van der Waals surface area contributed by atoms with E-state index in [-0.39, 0.29) is 11.5 Å².